The van der Waals surface area contributed by atoms with Gasteiger partial charge in [0.2, 0.25) is 5.78 Å². The summed E-state index contributed by atoms with van der Waals surface area (Å²) in [5.41, 5.74) is -2.13. The van der Waals surface area contributed by atoms with Crippen LogP contribution in [0.3, 0.4) is 0 Å². The molecule has 0 unspecified atom stereocenters. The number of fused-ring (bicyclic) bond motifs is 2. The maximum Gasteiger partial charge on any atom is 0.200 e. The van der Waals surface area contributed by atoms with Crippen molar-refractivity contribution < 1.29 is 13.6 Å². The molecule has 0 saturated heterocycles. The number of Topliss-reactive ketones (excluding diaryl/α,β-unsaturated/α-hetero) is 1. The summed E-state index contributed by atoms with van der Waals surface area (Å²) in [5.74, 6) is 0.0197. The van der Waals surface area contributed by atoms with Crippen molar-refractivity contribution in [2.24, 2.45) is 11.8 Å². The number of hydrogen-bond acceptors (Lipinski definition) is 5. The first-order valence-corrected chi connectivity index (χ1v) is 18.1. The Hall–Kier alpha value is -0.396. The van der Waals surface area contributed by atoms with Gasteiger partial charge in [-0.25, -0.2) is 0 Å². The molecule has 0 heterocycles. The molecule has 0 aromatic rings. The SMILES string of the molecule is CSC[C@@]1(O[Si](C)(C)C(C)(C)C)C(=O)[C@@]2(O[Si](C)(C)C(C)(C)C)C=C[C@@H]1C[C@@H]2C#N. The highest BCUT2D eigenvalue weighted by molar-refractivity contribution is 7.98. The van der Waals surface area contributed by atoms with Crippen LogP contribution in [0.4, 0.5) is 0 Å². The minimum absolute atomic E-state index is 0.0127. The smallest absolute Gasteiger partial charge is 0.200 e. The molecule has 0 radical (unpaired) electrons. The number of ketones is 1. The highest BCUT2D eigenvalue weighted by atomic mass is 32.2. The van der Waals surface area contributed by atoms with Crippen molar-refractivity contribution >= 4 is 34.2 Å². The molecule has 3 rings (SSSR count). The number of thioether (sulfide) groups is 1. The summed E-state index contributed by atoms with van der Waals surface area (Å²) in [6.45, 7) is 21.8. The number of nitriles is 1. The number of carbonyl (C=O) groups excluding carboxylic acids is 1. The van der Waals surface area contributed by atoms with E-state index in [0.29, 0.717) is 12.2 Å². The van der Waals surface area contributed by atoms with E-state index < -0.39 is 33.8 Å². The fourth-order valence-corrected chi connectivity index (χ4v) is 7.91. The molecule has 1 saturated carbocycles. The topological polar surface area (TPSA) is 59.3 Å². The van der Waals surface area contributed by atoms with Gasteiger partial charge >= 0.3 is 0 Å². The summed E-state index contributed by atoms with van der Waals surface area (Å²) < 4.78 is 13.8. The van der Waals surface area contributed by atoms with Crippen molar-refractivity contribution in [3.8, 4) is 6.07 Å². The summed E-state index contributed by atoms with van der Waals surface area (Å²) in [7, 11) is -4.55. The standard InChI is InChI=1S/C23H41NO3SSi2/c1-20(2,3)29(8,9)26-22-13-12-17(14-18(22)15-24)23(16-28-7,19(22)25)27-30(10,11)21(4,5)6/h12-13,17-18H,14,16H2,1-11H3/t17-,18-,22-,23+/m1/s1. The summed E-state index contributed by atoms with van der Waals surface area (Å²) in [4.78, 5) is 14.4. The summed E-state index contributed by atoms with van der Waals surface area (Å²) in [5, 5.41) is 9.94. The number of carbonyl (C=O) groups is 1. The second-order valence-electron chi connectivity index (χ2n) is 12.1. The third kappa shape index (κ3) is 4.03. The van der Waals surface area contributed by atoms with Crippen LogP contribution in [0.15, 0.2) is 12.2 Å². The maximum atomic E-state index is 14.4. The molecule has 4 atom stereocenters. The van der Waals surface area contributed by atoms with Crippen LogP contribution in [0.5, 0.6) is 0 Å². The van der Waals surface area contributed by atoms with Crippen molar-refractivity contribution in [3.63, 3.8) is 0 Å². The van der Waals surface area contributed by atoms with Gasteiger partial charge in [0.1, 0.15) is 5.60 Å². The van der Waals surface area contributed by atoms with Crippen LogP contribution in [-0.2, 0) is 13.6 Å². The zero-order valence-electron chi connectivity index (χ0n) is 20.8. The van der Waals surface area contributed by atoms with Gasteiger partial charge in [0.25, 0.3) is 0 Å². The lowest BCUT2D eigenvalue weighted by atomic mass is 9.59. The molecule has 3 aliphatic carbocycles. The fraction of sp³-hybridized carbons (Fsp3) is 0.826. The van der Waals surface area contributed by atoms with Crippen molar-refractivity contribution in [3.05, 3.63) is 12.2 Å². The number of hydrogen-bond donors (Lipinski definition) is 0. The normalized spacial score (nSPS) is 32.4. The van der Waals surface area contributed by atoms with Crippen LogP contribution in [0, 0.1) is 23.2 Å². The predicted molar refractivity (Wildman–Crippen MR) is 132 cm³/mol. The van der Waals surface area contributed by atoms with Gasteiger partial charge in [0.15, 0.2) is 22.2 Å². The Kier molecular flexibility index (Phi) is 6.79. The second-order valence-corrected chi connectivity index (χ2v) is 22.4. The molecule has 3 aliphatic rings. The molecule has 0 amide bonds. The highest BCUT2D eigenvalue weighted by Gasteiger charge is 2.67. The second kappa shape index (κ2) is 7.88. The van der Waals surface area contributed by atoms with Gasteiger partial charge < -0.3 is 8.85 Å². The van der Waals surface area contributed by atoms with Crippen molar-refractivity contribution in [2.75, 3.05) is 12.0 Å². The minimum atomic E-state index is -2.32. The molecular formula is C23H41NO3SSi2. The predicted octanol–water partition coefficient (Wildman–Crippen LogP) is 6.17. The summed E-state index contributed by atoms with van der Waals surface area (Å²) in [6.07, 6.45) is 6.67. The quantitative estimate of drug-likeness (QED) is 0.345. The zero-order valence-corrected chi connectivity index (χ0v) is 23.6. The van der Waals surface area contributed by atoms with E-state index >= 15 is 0 Å². The van der Waals surface area contributed by atoms with E-state index in [1.54, 1.807) is 11.8 Å². The van der Waals surface area contributed by atoms with Crippen LogP contribution in [0.25, 0.3) is 0 Å². The highest BCUT2D eigenvalue weighted by Crippen LogP contribution is 2.55. The maximum absolute atomic E-state index is 14.4. The van der Waals surface area contributed by atoms with Crippen molar-refractivity contribution in [1.82, 2.24) is 0 Å². The Morgan fingerprint density at radius 3 is 2.03 bits per heavy atom. The molecular weight excluding hydrogens is 426 g/mol. The molecule has 0 aromatic heterocycles. The van der Waals surface area contributed by atoms with Gasteiger partial charge in [-0.3, -0.25) is 4.79 Å². The third-order valence-corrected chi connectivity index (χ3v) is 17.6. The number of nitrogens with zero attached hydrogens (tertiary/aromatic N) is 1. The number of rotatable bonds is 6. The van der Waals surface area contributed by atoms with E-state index in [9.17, 15) is 10.1 Å². The van der Waals surface area contributed by atoms with Crippen molar-refractivity contribution in [2.45, 2.75) is 95.4 Å². The van der Waals surface area contributed by atoms with Gasteiger partial charge in [-0.2, -0.15) is 17.0 Å². The van der Waals surface area contributed by atoms with Crippen molar-refractivity contribution in [1.29, 1.82) is 5.26 Å². The average Bonchev–Trinajstić information content (AvgIpc) is 2.57. The summed E-state index contributed by atoms with van der Waals surface area (Å²) >= 11 is 1.65. The van der Waals surface area contributed by atoms with Gasteiger partial charge in [-0.15, -0.1) is 0 Å². The zero-order chi connectivity index (χ0) is 23.4. The van der Waals surface area contributed by atoms with Crippen LogP contribution >= 0.6 is 11.8 Å². The summed E-state index contributed by atoms with van der Waals surface area (Å²) in [6, 6.07) is 2.43. The Morgan fingerprint density at radius 1 is 1.10 bits per heavy atom. The minimum Gasteiger partial charge on any atom is -0.403 e. The fourth-order valence-electron chi connectivity index (χ4n) is 3.98. The van der Waals surface area contributed by atoms with Crippen LogP contribution in [0.2, 0.25) is 36.3 Å². The molecule has 0 N–H and O–H groups in total. The van der Waals surface area contributed by atoms with Gasteiger partial charge in [-0.05, 0) is 55.0 Å². The molecule has 170 valence electrons. The lowest BCUT2D eigenvalue weighted by Gasteiger charge is -2.58. The van der Waals surface area contributed by atoms with E-state index in [0.717, 1.165) is 0 Å². The Balaban J connectivity index is 2.64. The van der Waals surface area contributed by atoms with E-state index in [1.807, 2.05) is 12.3 Å². The van der Waals surface area contributed by atoms with Gasteiger partial charge in [-0.1, -0.05) is 47.6 Å². The molecule has 2 bridgehead atoms. The van der Waals surface area contributed by atoms with E-state index in [-0.39, 0.29) is 21.8 Å². The van der Waals surface area contributed by atoms with Gasteiger partial charge in [0, 0.05) is 11.7 Å². The average molecular weight is 468 g/mol. The van der Waals surface area contributed by atoms with E-state index in [2.05, 4.69) is 79.9 Å². The Bertz CT molecular complexity index is 760. The largest absolute Gasteiger partial charge is 0.403 e. The van der Waals surface area contributed by atoms with E-state index in [4.69, 9.17) is 8.85 Å². The molecule has 0 aliphatic heterocycles. The Labute approximate surface area is 190 Å². The first kappa shape index (κ1) is 25.9. The third-order valence-electron chi connectivity index (χ3n) is 7.91. The van der Waals surface area contributed by atoms with Crippen LogP contribution < -0.4 is 0 Å². The molecule has 1 fully saturated rings. The van der Waals surface area contributed by atoms with Crippen LogP contribution in [0.1, 0.15) is 48.0 Å². The van der Waals surface area contributed by atoms with E-state index in [1.165, 1.54) is 0 Å². The monoisotopic (exact) mass is 467 g/mol. The lowest BCUT2D eigenvalue weighted by Crippen LogP contribution is -2.73. The molecule has 4 nitrogen and oxygen atoms in total. The van der Waals surface area contributed by atoms with Crippen LogP contribution in [-0.4, -0.2) is 45.6 Å². The molecule has 30 heavy (non-hydrogen) atoms. The molecule has 0 spiro atoms. The molecule has 0 aromatic carbocycles. The molecule has 7 heteroatoms. The first-order chi connectivity index (χ1) is 13.4. The lowest BCUT2D eigenvalue weighted by molar-refractivity contribution is -0.164. The van der Waals surface area contributed by atoms with Gasteiger partial charge in [0.05, 0.1) is 12.0 Å². The Morgan fingerprint density at radius 2 is 1.60 bits per heavy atom. The first-order valence-electron chi connectivity index (χ1n) is 10.9.